The summed E-state index contributed by atoms with van der Waals surface area (Å²) < 4.78 is 35.4. The molecule has 1 heterocycles. The van der Waals surface area contributed by atoms with E-state index in [0.717, 1.165) is 23.3 Å². The fourth-order valence-electron chi connectivity index (χ4n) is 7.19. The topological polar surface area (TPSA) is 21.6 Å². The molecule has 4 atom stereocenters. The third kappa shape index (κ3) is 6.32. The van der Waals surface area contributed by atoms with Crippen LogP contribution in [0.25, 0.3) is 11.1 Å². The van der Waals surface area contributed by atoms with Gasteiger partial charge in [0, 0.05) is 0 Å². The van der Waals surface area contributed by atoms with Crippen LogP contribution in [0.2, 0.25) is 0 Å². The summed E-state index contributed by atoms with van der Waals surface area (Å²) in [5.74, 6) is 2.15. The molecule has 0 saturated heterocycles. The number of hydrogen-bond donors (Lipinski definition) is 0. The van der Waals surface area contributed by atoms with Gasteiger partial charge in [-0.25, -0.2) is 13.8 Å². The molecule has 0 spiro atoms. The van der Waals surface area contributed by atoms with Crippen LogP contribution in [-0.4, -0.2) is 18.0 Å². The van der Waals surface area contributed by atoms with Crippen LogP contribution in [-0.2, 0) is 4.74 Å². The van der Waals surface area contributed by atoms with Crippen molar-refractivity contribution < 1.29 is 13.5 Å². The van der Waals surface area contributed by atoms with E-state index in [9.17, 15) is 8.78 Å². The maximum absolute atomic E-state index is 15.0. The van der Waals surface area contributed by atoms with Gasteiger partial charge in [-0.15, -0.1) is 0 Å². The Morgan fingerprint density at radius 1 is 0.842 bits per heavy atom. The van der Waals surface area contributed by atoms with Crippen LogP contribution >= 0.6 is 0 Å². The van der Waals surface area contributed by atoms with Crippen LogP contribution in [0.1, 0.15) is 115 Å². The van der Waals surface area contributed by atoms with Gasteiger partial charge >= 0.3 is 0 Å². The van der Waals surface area contributed by atoms with Crippen LogP contribution in [0, 0.1) is 29.4 Å². The predicted octanol–water partition coefficient (Wildman–Crippen LogP) is 9.85. The summed E-state index contributed by atoms with van der Waals surface area (Å²) in [6.07, 6.45) is 16.6. The summed E-state index contributed by atoms with van der Waals surface area (Å²) in [5, 5.41) is 0. The van der Waals surface area contributed by atoms with Gasteiger partial charge in [0.15, 0.2) is 0 Å². The maximum Gasteiger partial charge on any atom is 0.222 e. The molecular weight excluding hydrogens is 476 g/mol. The second kappa shape index (κ2) is 11.9. The van der Waals surface area contributed by atoms with E-state index >= 15 is 0 Å². The molecule has 2 saturated carbocycles. The smallest absolute Gasteiger partial charge is 0.222 e. The first kappa shape index (κ1) is 27.3. The molecule has 0 radical (unpaired) electrons. The Morgan fingerprint density at radius 3 is 2.21 bits per heavy atom. The number of benzene rings is 2. The lowest BCUT2D eigenvalue weighted by molar-refractivity contribution is 0.113. The zero-order valence-corrected chi connectivity index (χ0v) is 23.6. The second-order valence-corrected chi connectivity index (χ2v) is 12.9. The molecule has 2 aromatic carbocycles. The van der Waals surface area contributed by atoms with Gasteiger partial charge in [0.2, 0.25) is 5.90 Å². The molecule has 0 bridgehead atoms. The Morgan fingerprint density at radius 2 is 1.53 bits per heavy atom. The summed E-state index contributed by atoms with van der Waals surface area (Å²) in [7, 11) is 0. The quantitative estimate of drug-likeness (QED) is 0.301. The van der Waals surface area contributed by atoms with Gasteiger partial charge in [-0.3, -0.25) is 0 Å². The lowest BCUT2D eigenvalue weighted by Crippen LogP contribution is -2.30. The summed E-state index contributed by atoms with van der Waals surface area (Å²) in [6, 6.07) is 11.2. The molecule has 5 rings (SSSR count). The Kier molecular flexibility index (Phi) is 8.55. The molecule has 1 aliphatic heterocycles. The molecule has 0 aromatic heterocycles. The highest BCUT2D eigenvalue weighted by atomic mass is 19.1. The normalized spacial score (nSPS) is 26.5. The monoisotopic (exact) mass is 521 g/mol. The Labute approximate surface area is 228 Å². The van der Waals surface area contributed by atoms with Gasteiger partial charge in [0.1, 0.15) is 23.8 Å². The number of hydrogen-bond acceptors (Lipinski definition) is 2. The van der Waals surface area contributed by atoms with Gasteiger partial charge < -0.3 is 4.74 Å². The number of unbranched alkanes of at least 4 members (excludes halogenated alkanes) is 4. The van der Waals surface area contributed by atoms with Gasteiger partial charge in [-0.2, -0.15) is 0 Å². The van der Waals surface area contributed by atoms with Crippen LogP contribution in [0.15, 0.2) is 41.4 Å². The first-order chi connectivity index (χ1) is 18.3. The van der Waals surface area contributed by atoms with E-state index in [0.29, 0.717) is 18.1 Å². The predicted molar refractivity (Wildman–Crippen MR) is 153 cm³/mol. The third-order valence-electron chi connectivity index (χ3n) is 9.38. The van der Waals surface area contributed by atoms with Crippen LogP contribution in [0.4, 0.5) is 8.78 Å². The van der Waals surface area contributed by atoms with E-state index in [1.54, 1.807) is 0 Å². The first-order valence-electron chi connectivity index (χ1n) is 15.2. The van der Waals surface area contributed by atoms with Crippen molar-refractivity contribution in [1.82, 2.24) is 0 Å². The van der Waals surface area contributed by atoms with Crippen molar-refractivity contribution in [1.29, 1.82) is 0 Å². The number of halogens is 2. The highest BCUT2D eigenvalue weighted by Gasteiger charge is 2.36. The fourth-order valence-corrected chi connectivity index (χ4v) is 7.19. The highest BCUT2D eigenvalue weighted by molar-refractivity contribution is 5.96. The van der Waals surface area contributed by atoms with E-state index in [4.69, 9.17) is 4.74 Å². The molecular formula is C34H45F2NO. The minimum atomic E-state index is -0.629. The molecule has 0 amide bonds. The third-order valence-corrected chi connectivity index (χ3v) is 9.38. The van der Waals surface area contributed by atoms with Gasteiger partial charge in [0.25, 0.3) is 0 Å². The molecule has 4 heteroatoms. The Bertz CT molecular complexity index is 1100. The van der Waals surface area contributed by atoms with Crippen molar-refractivity contribution in [3.05, 3.63) is 59.2 Å². The van der Waals surface area contributed by atoms with E-state index in [-0.39, 0.29) is 11.5 Å². The van der Waals surface area contributed by atoms with E-state index in [1.165, 1.54) is 94.7 Å². The SMILES string of the molecule is CCCCCCCC1CCC2CC(c3ccc(-c4cc(F)c(C5=NC(C)(C)CO5)c(F)c4)cc3)CCC2C1. The van der Waals surface area contributed by atoms with Gasteiger partial charge in [-0.1, -0.05) is 76.1 Å². The highest BCUT2D eigenvalue weighted by Crippen LogP contribution is 2.48. The molecule has 3 aliphatic rings. The largest absolute Gasteiger partial charge is 0.475 e. The van der Waals surface area contributed by atoms with Gasteiger partial charge in [-0.05, 0) is 98.4 Å². The van der Waals surface area contributed by atoms with Crippen LogP contribution < -0.4 is 0 Å². The van der Waals surface area contributed by atoms with Gasteiger partial charge in [0.05, 0.1) is 5.54 Å². The fraction of sp³-hybridized carbons (Fsp3) is 0.618. The minimum absolute atomic E-state index is 0.0588. The van der Waals surface area contributed by atoms with Crippen molar-refractivity contribution >= 4 is 5.90 Å². The molecule has 0 N–H and O–H groups in total. The molecule has 4 unspecified atom stereocenters. The average molecular weight is 522 g/mol. The lowest BCUT2D eigenvalue weighted by atomic mass is 9.63. The summed E-state index contributed by atoms with van der Waals surface area (Å²) in [4.78, 5) is 4.35. The van der Waals surface area contributed by atoms with Crippen LogP contribution in [0.3, 0.4) is 0 Å². The van der Waals surface area contributed by atoms with Crippen molar-refractivity contribution in [2.75, 3.05) is 6.61 Å². The number of rotatable bonds is 9. The number of fused-ring (bicyclic) bond motifs is 1. The molecule has 2 aromatic rings. The minimum Gasteiger partial charge on any atom is -0.475 e. The molecule has 2 fully saturated rings. The molecule has 2 aliphatic carbocycles. The first-order valence-corrected chi connectivity index (χ1v) is 15.2. The zero-order valence-electron chi connectivity index (χ0n) is 23.6. The van der Waals surface area contributed by atoms with Crippen molar-refractivity contribution in [2.24, 2.45) is 22.7 Å². The van der Waals surface area contributed by atoms with Crippen molar-refractivity contribution in [2.45, 2.75) is 109 Å². The van der Waals surface area contributed by atoms with E-state index in [1.807, 2.05) is 26.0 Å². The van der Waals surface area contributed by atoms with Crippen LogP contribution in [0.5, 0.6) is 0 Å². The van der Waals surface area contributed by atoms with Crippen molar-refractivity contribution in [3.63, 3.8) is 0 Å². The van der Waals surface area contributed by atoms with E-state index < -0.39 is 17.2 Å². The second-order valence-electron chi connectivity index (χ2n) is 12.9. The summed E-state index contributed by atoms with van der Waals surface area (Å²) in [6.45, 7) is 6.39. The number of nitrogens with zero attached hydrogens (tertiary/aromatic N) is 1. The average Bonchev–Trinajstić information content (AvgIpc) is 3.26. The molecule has 2 nitrogen and oxygen atoms in total. The van der Waals surface area contributed by atoms with Crippen molar-refractivity contribution in [3.8, 4) is 11.1 Å². The standard InChI is InChI=1S/C34H45F2NO/c1-4-5-6-7-8-9-23-10-11-28-19-27(17-16-26(28)18-23)24-12-14-25(15-13-24)29-20-30(35)32(31(36)21-29)33-37-34(2,3)22-38-33/h12-15,20-21,23,26-28H,4-11,16-19,22H2,1-3H3. The Balaban J connectivity index is 1.18. The Hall–Kier alpha value is -2.23. The molecule has 206 valence electrons. The molecule has 38 heavy (non-hydrogen) atoms. The summed E-state index contributed by atoms with van der Waals surface area (Å²) >= 11 is 0. The van der Waals surface area contributed by atoms with E-state index in [2.05, 4.69) is 24.0 Å². The lowest BCUT2D eigenvalue weighted by Gasteiger charge is -2.42. The zero-order chi connectivity index (χ0) is 26.7. The number of aliphatic imine (C=N–C) groups is 1. The maximum atomic E-state index is 15.0. The summed E-state index contributed by atoms with van der Waals surface area (Å²) in [5.41, 5.74) is 2.12. The number of ether oxygens (including phenoxy) is 1.